The van der Waals surface area contributed by atoms with E-state index in [1.54, 1.807) is 0 Å². The van der Waals surface area contributed by atoms with Crippen molar-refractivity contribution in [1.29, 1.82) is 0 Å². The number of amides is 1. The molecule has 0 aromatic carbocycles. The number of ether oxygens (including phenoxy) is 2. The molecule has 0 spiro atoms. The van der Waals surface area contributed by atoms with Gasteiger partial charge in [-0.25, -0.2) is 0 Å². The van der Waals surface area contributed by atoms with Crippen molar-refractivity contribution in [2.75, 3.05) is 13.2 Å². The molecule has 1 rings (SSSR count). The van der Waals surface area contributed by atoms with Crippen LogP contribution >= 0.6 is 0 Å². The van der Waals surface area contributed by atoms with E-state index in [9.17, 15) is 40.5 Å². The van der Waals surface area contributed by atoms with Crippen molar-refractivity contribution >= 4 is 5.91 Å². The van der Waals surface area contributed by atoms with E-state index in [0.717, 1.165) is 38.5 Å². The molecule has 0 bridgehead atoms. The van der Waals surface area contributed by atoms with Crippen molar-refractivity contribution in [2.45, 2.75) is 358 Å². The molecule has 74 heavy (non-hydrogen) atoms. The van der Waals surface area contributed by atoms with Crippen LogP contribution in [0.25, 0.3) is 0 Å². The van der Waals surface area contributed by atoms with Crippen LogP contribution in [0, 0.1) is 0 Å². The molecule has 1 saturated heterocycles. The Morgan fingerprint density at radius 1 is 0.459 bits per heavy atom. The lowest BCUT2D eigenvalue weighted by Gasteiger charge is -2.40. The molecule has 1 amide bonds. The number of hydrogen-bond donors (Lipinski definition) is 8. The third-order valence-electron chi connectivity index (χ3n) is 15.5. The van der Waals surface area contributed by atoms with Crippen LogP contribution in [0.1, 0.15) is 303 Å². The average molecular weight is 1050 g/mol. The van der Waals surface area contributed by atoms with E-state index < -0.39 is 74.2 Å². The Morgan fingerprint density at radius 3 is 1.16 bits per heavy atom. The van der Waals surface area contributed by atoms with E-state index in [-0.39, 0.29) is 12.8 Å². The second-order valence-electron chi connectivity index (χ2n) is 22.5. The van der Waals surface area contributed by atoms with Crippen molar-refractivity contribution in [3.8, 4) is 0 Å². The zero-order valence-corrected chi connectivity index (χ0v) is 48.1. The molecule has 0 aromatic rings. The minimum absolute atomic E-state index is 0.257. The smallest absolute Gasteiger partial charge is 0.249 e. The predicted molar refractivity (Wildman–Crippen MR) is 307 cm³/mol. The van der Waals surface area contributed by atoms with Crippen LogP contribution < -0.4 is 5.32 Å². The molecule has 11 heteroatoms. The Bertz CT molecular complexity index is 1250. The first-order valence-electron chi connectivity index (χ1n) is 31.7. The van der Waals surface area contributed by atoms with Gasteiger partial charge in [0.05, 0.1) is 25.4 Å². The summed E-state index contributed by atoms with van der Waals surface area (Å²) in [6.07, 6.45) is 52.6. The van der Waals surface area contributed by atoms with Crippen LogP contribution in [0.5, 0.6) is 0 Å². The third kappa shape index (κ3) is 39.9. The molecular formula is C63H121NO10. The Hall–Kier alpha value is -1.41. The van der Waals surface area contributed by atoms with Gasteiger partial charge in [-0.15, -0.1) is 0 Å². The molecule has 438 valence electrons. The van der Waals surface area contributed by atoms with Gasteiger partial charge in [-0.2, -0.15) is 0 Å². The highest BCUT2D eigenvalue weighted by molar-refractivity contribution is 5.80. The van der Waals surface area contributed by atoms with Gasteiger partial charge in [-0.05, 0) is 64.2 Å². The SMILES string of the molecule is CCCCCCCCCCCCC/C=C/CCCC(O)C(O)C(COC1OC(CO)C(O)C(O)C1O)NC(=O)C(O)CCCCCCCCCCCCCCCCC/C=C\CCCCCCCCCCCCCC. The minimum Gasteiger partial charge on any atom is -0.394 e. The van der Waals surface area contributed by atoms with Crippen molar-refractivity contribution < 1.29 is 50.0 Å². The lowest BCUT2D eigenvalue weighted by Crippen LogP contribution is -2.60. The van der Waals surface area contributed by atoms with Gasteiger partial charge in [0.1, 0.15) is 36.6 Å². The molecule has 0 saturated carbocycles. The lowest BCUT2D eigenvalue weighted by atomic mass is 9.98. The van der Waals surface area contributed by atoms with E-state index in [1.807, 2.05) is 0 Å². The number of aliphatic hydroxyl groups is 7. The maximum Gasteiger partial charge on any atom is 0.249 e. The van der Waals surface area contributed by atoms with Gasteiger partial charge in [0, 0.05) is 0 Å². The number of rotatable bonds is 55. The van der Waals surface area contributed by atoms with Gasteiger partial charge in [0.2, 0.25) is 5.91 Å². The zero-order chi connectivity index (χ0) is 54.0. The molecule has 8 N–H and O–H groups in total. The molecule has 1 fully saturated rings. The fourth-order valence-electron chi connectivity index (χ4n) is 10.3. The molecular weight excluding hydrogens is 931 g/mol. The van der Waals surface area contributed by atoms with Gasteiger partial charge in [0.25, 0.3) is 0 Å². The van der Waals surface area contributed by atoms with E-state index >= 15 is 0 Å². The van der Waals surface area contributed by atoms with Gasteiger partial charge in [-0.3, -0.25) is 4.79 Å². The van der Waals surface area contributed by atoms with Gasteiger partial charge in [0.15, 0.2) is 6.29 Å². The molecule has 9 unspecified atom stereocenters. The quantitative estimate of drug-likeness (QED) is 0.0215. The maximum atomic E-state index is 13.2. The number of hydrogen-bond acceptors (Lipinski definition) is 10. The zero-order valence-electron chi connectivity index (χ0n) is 48.1. The summed E-state index contributed by atoms with van der Waals surface area (Å²) in [7, 11) is 0. The monoisotopic (exact) mass is 1050 g/mol. The fraction of sp³-hybridized carbons (Fsp3) is 0.921. The number of aliphatic hydroxyl groups excluding tert-OH is 7. The molecule has 0 aliphatic carbocycles. The number of allylic oxidation sites excluding steroid dienone is 4. The predicted octanol–water partition coefficient (Wildman–Crippen LogP) is 14.1. The topological polar surface area (TPSA) is 189 Å². The summed E-state index contributed by atoms with van der Waals surface area (Å²) < 4.78 is 11.1. The standard InChI is InChI=1S/C63H121NO10/c1-3-5-7-9-11-13-15-17-19-21-22-23-24-25-26-27-28-29-30-31-32-33-34-35-37-39-41-43-45-47-49-51-56(67)62(72)64-54(53-73-63-61(71)60(70)59(69)57(52-65)74-63)58(68)55(66)50-48-46-44-42-40-38-36-20-18-16-14-12-10-8-6-4-2/h25-26,42,44,54-61,63,65-71H,3-24,27-41,43,45-53H2,1-2H3,(H,64,72)/b26-25-,44-42+. The Balaban J connectivity index is 2.21. The normalized spacial score (nSPS) is 19.9. The highest BCUT2D eigenvalue weighted by atomic mass is 16.7. The van der Waals surface area contributed by atoms with E-state index in [0.29, 0.717) is 12.8 Å². The van der Waals surface area contributed by atoms with E-state index in [1.165, 1.54) is 225 Å². The second kappa shape index (κ2) is 52.3. The molecule has 1 heterocycles. The van der Waals surface area contributed by atoms with Crippen LogP contribution in [-0.4, -0.2) is 110 Å². The summed E-state index contributed by atoms with van der Waals surface area (Å²) in [4.78, 5) is 13.2. The molecule has 9 atom stereocenters. The Morgan fingerprint density at radius 2 is 0.797 bits per heavy atom. The van der Waals surface area contributed by atoms with Gasteiger partial charge in [-0.1, -0.05) is 263 Å². The highest BCUT2D eigenvalue weighted by Crippen LogP contribution is 2.24. The minimum atomic E-state index is -1.67. The largest absolute Gasteiger partial charge is 0.394 e. The summed E-state index contributed by atoms with van der Waals surface area (Å²) in [5.41, 5.74) is 0. The molecule has 0 aromatic heterocycles. The van der Waals surface area contributed by atoms with Crippen molar-refractivity contribution in [1.82, 2.24) is 5.32 Å². The first-order valence-corrected chi connectivity index (χ1v) is 31.7. The summed E-state index contributed by atoms with van der Waals surface area (Å²) in [5, 5.41) is 76.2. The van der Waals surface area contributed by atoms with Crippen LogP contribution in [0.15, 0.2) is 24.3 Å². The molecule has 1 aliphatic rings. The second-order valence-corrected chi connectivity index (χ2v) is 22.5. The molecule has 11 nitrogen and oxygen atoms in total. The maximum absolute atomic E-state index is 13.2. The Labute approximate surface area is 454 Å². The van der Waals surface area contributed by atoms with Crippen molar-refractivity contribution in [2.24, 2.45) is 0 Å². The average Bonchev–Trinajstić information content (AvgIpc) is 3.40. The van der Waals surface area contributed by atoms with Crippen LogP contribution in [0.4, 0.5) is 0 Å². The fourth-order valence-corrected chi connectivity index (χ4v) is 10.3. The number of carbonyl (C=O) groups excluding carboxylic acids is 1. The lowest BCUT2D eigenvalue weighted by molar-refractivity contribution is -0.303. The summed E-state index contributed by atoms with van der Waals surface area (Å²) in [5.74, 6) is -0.702. The summed E-state index contributed by atoms with van der Waals surface area (Å²) in [6.45, 7) is 3.47. The Kier molecular flexibility index (Phi) is 49.9. The third-order valence-corrected chi connectivity index (χ3v) is 15.5. The van der Waals surface area contributed by atoms with Crippen LogP contribution in [0.2, 0.25) is 0 Å². The number of unbranched alkanes of at least 4 members (excludes halogenated alkanes) is 39. The number of nitrogens with one attached hydrogen (secondary N) is 1. The first-order chi connectivity index (χ1) is 36.2. The van der Waals surface area contributed by atoms with Crippen LogP contribution in [-0.2, 0) is 14.3 Å². The van der Waals surface area contributed by atoms with Crippen LogP contribution in [0.3, 0.4) is 0 Å². The van der Waals surface area contributed by atoms with Gasteiger partial charge < -0.3 is 50.5 Å². The van der Waals surface area contributed by atoms with Crippen molar-refractivity contribution in [3.05, 3.63) is 24.3 Å². The number of carbonyl (C=O) groups is 1. The molecule has 1 aliphatic heterocycles. The first kappa shape index (κ1) is 70.6. The van der Waals surface area contributed by atoms with E-state index in [4.69, 9.17) is 9.47 Å². The van der Waals surface area contributed by atoms with E-state index in [2.05, 4.69) is 43.5 Å². The van der Waals surface area contributed by atoms with Crippen molar-refractivity contribution in [3.63, 3.8) is 0 Å². The molecule has 0 radical (unpaired) electrons. The highest BCUT2D eigenvalue weighted by Gasteiger charge is 2.44. The summed E-state index contributed by atoms with van der Waals surface area (Å²) >= 11 is 0. The summed E-state index contributed by atoms with van der Waals surface area (Å²) in [6, 6.07) is -1.18. The van der Waals surface area contributed by atoms with Gasteiger partial charge >= 0.3 is 0 Å².